The first-order chi connectivity index (χ1) is 8.93. The summed E-state index contributed by atoms with van der Waals surface area (Å²) >= 11 is 4.91. The Morgan fingerprint density at radius 2 is 2.26 bits per heavy atom. The number of carbonyl (C=O) groups excluding carboxylic acids is 1. The summed E-state index contributed by atoms with van der Waals surface area (Å²) in [6, 6.07) is 3.01. The highest BCUT2D eigenvalue weighted by atomic mass is 32.1. The lowest BCUT2D eigenvalue weighted by atomic mass is 10.0. The highest BCUT2D eigenvalue weighted by molar-refractivity contribution is 7.80. The molecular weight excluding hydrogens is 262 g/mol. The molecule has 5 nitrogen and oxygen atoms in total. The lowest BCUT2D eigenvalue weighted by Gasteiger charge is -2.19. The van der Waals surface area contributed by atoms with Crippen LogP contribution in [0.2, 0.25) is 0 Å². The fourth-order valence-electron chi connectivity index (χ4n) is 1.67. The maximum absolute atomic E-state index is 11.7. The second-order valence-corrected chi connectivity index (χ2v) is 5.08. The molecule has 19 heavy (non-hydrogen) atoms. The van der Waals surface area contributed by atoms with Crippen LogP contribution in [0.1, 0.15) is 25.8 Å². The molecule has 6 heteroatoms. The van der Waals surface area contributed by atoms with Crippen molar-refractivity contribution < 1.29 is 9.53 Å². The molecule has 0 aliphatic heterocycles. The average Bonchev–Trinajstić information content (AvgIpc) is 2.36. The van der Waals surface area contributed by atoms with Gasteiger partial charge in [0.2, 0.25) is 0 Å². The standard InChI is InChI=1S/C13H19N3O2S/c1-8(2)6-10(13(17)18-3)16-11-7-9(12(14)19)4-5-15-11/h4-5,7-8,10H,6H2,1-3H3,(H2,14,19)(H,15,16). The average molecular weight is 281 g/mol. The molecule has 3 N–H and O–H groups in total. The predicted molar refractivity (Wildman–Crippen MR) is 79.0 cm³/mol. The summed E-state index contributed by atoms with van der Waals surface area (Å²) in [5.74, 6) is 0.605. The van der Waals surface area contributed by atoms with Crippen LogP contribution in [-0.2, 0) is 9.53 Å². The second kappa shape index (κ2) is 7.04. The van der Waals surface area contributed by atoms with Gasteiger partial charge < -0.3 is 15.8 Å². The van der Waals surface area contributed by atoms with Crippen LogP contribution in [0.5, 0.6) is 0 Å². The minimum absolute atomic E-state index is 0.295. The van der Waals surface area contributed by atoms with E-state index in [-0.39, 0.29) is 5.97 Å². The van der Waals surface area contributed by atoms with Crippen LogP contribution in [0.3, 0.4) is 0 Å². The van der Waals surface area contributed by atoms with Crippen molar-refractivity contribution in [1.29, 1.82) is 0 Å². The summed E-state index contributed by atoms with van der Waals surface area (Å²) in [5.41, 5.74) is 6.27. The maximum Gasteiger partial charge on any atom is 0.328 e. The molecular formula is C13H19N3O2S. The Morgan fingerprint density at radius 1 is 1.58 bits per heavy atom. The number of rotatable bonds is 6. The summed E-state index contributed by atoms with van der Waals surface area (Å²) in [5, 5.41) is 3.06. The Hall–Kier alpha value is -1.69. The van der Waals surface area contributed by atoms with Gasteiger partial charge in [0.05, 0.1) is 7.11 Å². The van der Waals surface area contributed by atoms with E-state index in [1.165, 1.54) is 7.11 Å². The van der Waals surface area contributed by atoms with Crippen molar-refractivity contribution >= 4 is 29.0 Å². The topological polar surface area (TPSA) is 77.2 Å². The van der Waals surface area contributed by atoms with Crippen LogP contribution in [0.4, 0.5) is 5.82 Å². The van der Waals surface area contributed by atoms with Gasteiger partial charge in [0.1, 0.15) is 16.8 Å². The van der Waals surface area contributed by atoms with Gasteiger partial charge >= 0.3 is 5.97 Å². The first-order valence-corrected chi connectivity index (χ1v) is 6.45. The van der Waals surface area contributed by atoms with Gasteiger partial charge in [0, 0.05) is 11.8 Å². The van der Waals surface area contributed by atoms with Crippen molar-refractivity contribution in [1.82, 2.24) is 4.98 Å². The first kappa shape index (κ1) is 15.4. The Balaban J connectivity index is 2.86. The quantitative estimate of drug-likeness (QED) is 0.610. The molecule has 1 unspecified atom stereocenters. The number of hydrogen-bond acceptors (Lipinski definition) is 5. The van der Waals surface area contributed by atoms with Crippen molar-refractivity contribution in [3.63, 3.8) is 0 Å². The summed E-state index contributed by atoms with van der Waals surface area (Å²) < 4.78 is 4.78. The predicted octanol–water partition coefficient (Wildman–Crippen LogP) is 1.72. The first-order valence-electron chi connectivity index (χ1n) is 6.04. The molecule has 0 bridgehead atoms. The number of nitrogens with one attached hydrogen (secondary N) is 1. The zero-order valence-electron chi connectivity index (χ0n) is 11.3. The maximum atomic E-state index is 11.7. The van der Waals surface area contributed by atoms with Crippen molar-refractivity contribution in [2.75, 3.05) is 12.4 Å². The van der Waals surface area contributed by atoms with E-state index in [4.69, 9.17) is 22.7 Å². The van der Waals surface area contributed by atoms with Crippen LogP contribution >= 0.6 is 12.2 Å². The molecule has 0 fully saturated rings. The van der Waals surface area contributed by atoms with Crippen LogP contribution in [0.25, 0.3) is 0 Å². The lowest BCUT2D eigenvalue weighted by molar-refractivity contribution is -0.141. The molecule has 104 valence electrons. The molecule has 0 saturated carbocycles. The van der Waals surface area contributed by atoms with Gasteiger partial charge in [-0.05, 0) is 24.5 Å². The van der Waals surface area contributed by atoms with Crippen molar-refractivity contribution in [3.8, 4) is 0 Å². The van der Waals surface area contributed by atoms with Crippen molar-refractivity contribution in [2.24, 2.45) is 11.7 Å². The zero-order valence-corrected chi connectivity index (χ0v) is 12.2. The number of carbonyl (C=O) groups is 1. The Labute approximate surface area is 118 Å². The lowest BCUT2D eigenvalue weighted by Crippen LogP contribution is -2.32. The van der Waals surface area contributed by atoms with E-state index in [2.05, 4.69) is 10.3 Å². The van der Waals surface area contributed by atoms with E-state index in [1.54, 1.807) is 18.3 Å². The van der Waals surface area contributed by atoms with E-state index < -0.39 is 6.04 Å². The van der Waals surface area contributed by atoms with E-state index in [1.807, 2.05) is 13.8 Å². The van der Waals surface area contributed by atoms with E-state index in [0.29, 0.717) is 28.7 Å². The third-order valence-electron chi connectivity index (χ3n) is 2.56. The number of methoxy groups -OCH3 is 1. The Bertz CT molecular complexity index is 463. The molecule has 0 radical (unpaired) electrons. The number of nitrogens with zero attached hydrogens (tertiary/aromatic N) is 1. The van der Waals surface area contributed by atoms with Crippen LogP contribution in [0, 0.1) is 5.92 Å². The van der Waals surface area contributed by atoms with Gasteiger partial charge in [-0.1, -0.05) is 26.1 Å². The smallest absolute Gasteiger partial charge is 0.328 e. The molecule has 0 aliphatic carbocycles. The molecule has 0 aliphatic rings. The third kappa shape index (κ3) is 4.82. The number of anilines is 1. The minimum atomic E-state index is -0.431. The normalized spacial score (nSPS) is 12.0. The van der Waals surface area contributed by atoms with Crippen molar-refractivity contribution in [2.45, 2.75) is 26.3 Å². The molecule has 0 amide bonds. The summed E-state index contributed by atoms with van der Waals surface area (Å²) in [6.45, 7) is 4.08. The number of hydrogen-bond donors (Lipinski definition) is 2. The van der Waals surface area contributed by atoms with E-state index in [0.717, 1.165) is 0 Å². The van der Waals surface area contributed by atoms with E-state index in [9.17, 15) is 4.79 Å². The molecule has 0 saturated heterocycles. The van der Waals surface area contributed by atoms with Gasteiger partial charge in [-0.25, -0.2) is 9.78 Å². The van der Waals surface area contributed by atoms with Crippen LogP contribution in [0.15, 0.2) is 18.3 Å². The van der Waals surface area contributed by atoms with Crippen LogP contribution < -0.4 is 11.1 Å². The number of esters is 1. The largest absolute Gasteiger partial charge is 0.467 e. The Kier molecular flexibility index (Phi) is 5.69. The third-order valence-corrected chi connectivity index (χ3v) is 2.80. The summed E-state index contributed by atoms with van der Waals surface area (Å²) in [7, 11) is 1.37. The number of aromatic nitrogens is 1. The highest BCUT2D eigenvalue weighted by Gasteiger charge is 2.20. The zero-order chi connectivity index (χ0) is 14.4. The molecule has 1 aromatic rings. The van der Waals surface area contributed by atoms with Gasteiger partial charge in [-0.15, -0.1) is 0 Å². The molecule has 0 spiro atoms. The SMILES string of the molecule is COC(=O)C(CC(C)C)Nc1cc(C(N)=S)ccn1. The van der Waals surface area contributed by atoms with Gasteiger partial charge in [0.25, 0.3) is 0 Å². The number of thiocarbonyl (C=S) groups is 1. The number of ether oxygens (including phenoxy) is 1. The molecule has 1 atom stereocenters. The van der Waals surface area contributed by atoms with E-state index >= 15 is 0 Å². The fourth-order valence-corrected chi connectivity index (χ4v) is 1.80. The second-order valence-electron chi connectivity index (χ2n) is 4.64. The number of nitrogens with two attached hydrogens (primary N) is 1. The minimum Gasteiger partial charge on any atom is -0.467 e. The molecule has 0 aromatic carbocycles. The number of pyridine rings is 1. The molecule has 1 heterocycles. The summed E-state index contributed by atoms with van der Waals surface area (Å²) in [4.78, 5) is 16.2. The fraction of sp³-hybridized carbons (Fsp3) is 0.462. The van der Waals surface area contributed by atoms with Gasteiger partial charge in [0.15, 0.2) is 0 Å². The highest BCUT2D eigenvalue weighted by Crippen LogP contribution is 2.13. The van der Waals surface area contributed by atoms with Crippen LogP contribution in [-0.4, -0.2) is 29.1 Å². The van der Waals surface area contributed by atoms with Gasteiger partial charge in [-0.3, -0.25) is 0 Å². The molecule has 1 rings (SSSR count). The Morgan fingerprint density at radius 3 is 2.79 bits per heavy atom. The monoisotopic (exact) mass is 281 g/mol. The molecule has 1 aromatic heterocycles. The van der Waals surface area contributed by atoms with Crippen molar-refractivity contribution in [3.05, 3.63) is 23.9 Å². The van der Waals surface area contributed by atoms with Gasteiger partial charge in [-0.2, -0.15) is 0 Å². The summed E-state index contributed by atoms with van der Waals surface area (Å²) in [6.07, 6.45) is 2.26.